The fourth-order valence-electron chi connectivity index (χ4n) is 2.28. The quantitative estimate of drug-likeness (QED) is 0.624. The van der Waals surface area contributed by atoms with E-state index in [4.69, 9.17) is 38.0 Å². The van der Waals surface area contributed by atoms with Gasteiger partial charge in [0, 0.05) is 12.2 Å². The molecule has 0 unspecified atom stereocenters. The fraction of sp³-hybridized carbons (Fsp3) is 0.176. The van der Waals surface area contributed by atoms with Crippen LogP contribution in [-0.4, -0.2) is 25.0 Å². The molecule has 0 bridgehead atoms. The first-order chi connectivity index (χ1) is 12.1. The number of halogens is 1. The number of nitrogens with one attached hydrogen (secondary N) is 2. The zero-order valence-corrected chi connectivity index (χ0v) is 14.9. The first-order valence-corrected chi connectivity index (χ1v) is 8.16. The minimum absolute atomic E-state index is 0.241. The Labute approximate surface area is 155 Å². The molecule has 1 heterocycles. The maximum Gasteiger partial charge on any atom is 0.339 e. The van der Waals surface area contributed by atoms with Crippen molar-refractivity contribution in [1.82, 2.24) is 5.32 Å². The first kappa shape index (κ1) is 17.3. The molecule has 130 valence electrons. The number of esters is 1. The van der Waals surface area contributed by atoms with Gasteiger partial charge in [0.25, 0.3) is 0 Å². The standard InChI is InChI=1S/C17H15ClN2O4S/c1-22-16(21)12-7-11(3-4-13(12)18)20-17(25)19-8-10-2-5-14-15(6-10)24-9-23-14/h2-7H,8-9H2,1H3,(H2,19,20,25). The Morgan fingerprint density at radius 1 is 1.24 bits per heavy atom. The molecule has 2 N–H and O–H groups in total. The van der Waals surface area contributed by atoms with Crippen LogP contribution in [0.3, 0.4) is 0 Å². The van der Waals surface area contributed by atoms with Gasteiger partial charge in [-0.25, -0.2) is 4.79 Å². The van der Waals surface area contributed by atoms with Gasteiger partial charge in [-0.15, -0.1) is 0 Å². The highest BCUT2D eigenvalue weighted by molar-refractivity contribution is 7.80. The zero-order chi connectivity index (χ0) is 17.8. The van der Waals surface area contributed by atoms with Crippen LogP contribution in [0.25, 0.3) is 0 Å². The normalized spacial score (nSPS) is 11.8. The molecule has 3 rings (SSSR count). The number of ether oxygens (including phenoxy) is 3. The van der Waals surface area contributed by atoms with Crippen molar-refractivity contribution in [2.45, 2.75) is 6.54 Å². The Morgan fingerprint density at radius 2 is 2.04 bits per heavy atom. The molecule has 0 aliphatic carbocycles. The summed E-state index contributed by atoms with van der Waals surface area (Å²) in [5.41, 5.74) is 1.90. The molecular weight excluding hydrogens is 364 g/mol. The van der Waals surface area contributed by atoms with E-state index < -0.39 is 5.97 Å². The van der Waals surface area contributed by atoms with Gasteiger partial charge in [0.2, 0.25) is 6.79 Å². The Hall–Kier alpha value is -2.51. The number of methoxy groups -OCH3 is 1. The summed E-state index contributed by atoms with van der Waals surface area (Å²) >= 11 is 11.3. The van der Waals surface area contributed by atoms with E-state index in [-0.39, 0.29) is 12.4 Å². The minimum Gasteiger partial charge on any atom is -0.465 e. The van der Waals surface area contributed by atoms with Crippen molar-refractivity contribution in [3.8, 4) is 11.5 Å². The van der Waals surface area contributed by atoms with Crippen LogP contribution < -0.4 is 20.1 Å². The summed E-state index contributed by atoms with van der Waals surface area (Å²) < 4.78 is 15.3. The summed E-state index contributed by atoms with van der Waals surface area (Å²) in [6.45, 7) is 0.755. The first-order valence-electron chi connectivity index (χ1n) is 7.38. The third kappa shape index (κ3) is 4.12. The Morgan fingerprint density at radius 3 is 2.84 bits per heavy atom. The molecule has 25 heavy (non-hydrogen) atoms. The van der Waals surface area contributed by atoms with Crippen molar-refractivity contribution in [1.29, 1.82) is 0 Å². The lowest BCUT2D eigenvalue weighted by molar-refractivity contribution is 0.0601. The van der Waals surface area contributed by atoms with Crippen LogP contribution in [0, 0.1) is 0 Å². The van der Waals surface area contributed by atoms with Crippen LogP contribution in [-0.2, 0) is 11.3 Å². The molecule has 0 atom stereocenters. The van der Waals surface area contributed by atoms with Gasteiger partial charge in [-0.2, -0.15) is 0 Å². The number of hydrogen-bond acceptors (Lipinski definition) is 5. The Balaban J connectivity index is 1.60. The van der Waals surface area contributed by atoms with Crippen molar-refractivity contribution in [2.24, 2.45) is 0 Å². The number of rotatable bonds is 4. The summed E-state index contributed by atoms with van der Waals surface area (Å²) in [5, 5.41) is 6.83. The van der Waals surface area contributed by atoms with Crippen molar-refractivity contribution >= 4 is 40.6 Å². The maximum atomic E-state index is 11.7. The average Bonchev–Trinajstić information content (AvgIpc) is 3.08. The molecule has 2 aromatic carbocycles. The second-order valence-corrected chi connectivity index (χ2v) is 6.00. The van der Waals surface area contributed by atoms with Gasteiger partial charge in [0.1, 0.15) is 0 Å². The SMILES string of the molecule is COC(=O)c1cc(NC(=S)NCc2ccc3c(c2)OCO3)ccc1Cl. The molecule has 1 aliphatic rings. The smallest absolute Gasteiger partial charge is 0.339 e. The van der Waals surface area contributed by atoms with Gasteiger partial charge in [-0.3, -0.25) is 0 Å². The van der Waals surface area contributed by atoms with Crippen molar-refractivity contribution < 1.29 is 19.0 Å². The van der Waals surface area contributed by atoms with E-state index in [0.29, 0.717) is 22.4 Å². The topological polar surface area (TPSA) is 68.8 Å². The third-order valence-corrected chi connectivity index (χ3v) is 4.10. The van der Waals surface area contributed by atoms with Crippen LogP contribution in [0.15, 0.2) is 36.4 Å². The Bertz CT molecular complexity index is 828. The number of fused-ring (bicyclic) bond motifs is 1. The number of carbonyl (C=O) groups is 1. The highest BCUT2D eigenvalue weighted by Gasteiger charge is 2.14. The van der Waals surface area contributed by atoms with Gasteiger partial charge in [0.15, 0.2) is 16.6 Å². The predicted octanol–water partition coefficient (Wildman–Crippen LogP) is 3.34. The third-order valence-electron chi connectivity index (χ3n) is 3.52. The lowest BCUT2D eigenvalue weighted by Gasteiger charge is -2.12. The fourth-order valence-corrected chi connectivity index (χ4v) is 2.66. The highest BCUT2D eigenvalue weighted by Crippen LogP contribution is 2.32. The molecule has 0 fully saturated rings. The van der Waals surface area contributed by atoms with E-state index in [1.807, 2.05) is 18.2 Å². The van der Waals surface area contributed by atoms with Gasteiger partial charge >= 0.3 is 5.97 Å². The number of hydrogen-bond donors (Lipinski definition) is 2. The second-order valence-electron chi connectivity index (χ2n) is 5.18. The molecule has 8 heteroatoms. The molecule has 2 aromatic rings. The van der Waals surface area contributed by atoms with E-state index in [9.17, 15) is 4.79 Å². The average molecular weight is 379 g/mol. The van der Waals surface area contributed by atoms with E-state index in [1.54, 1.807) is 18.2 Å². The van der Waals surface area contributed by atoms with Crippen molar-refractivity contribution in [2.75, 3.05) is 19.2 Å². The molecule has 0 saturated heterocycles. The zero-order valence-electron chi connectivity index (χ0n) is 13.3. The summed E-state index contributed by atoms with van der Waals surface area (Å²) in [6.07, 6.45) is 0. The van der Waals surface area contributed by atoms with Crippen molar-refractivity contribution in [3.63, 3.8) is 0 Å². The summed E-state index contributed by atoms with van der Waals surface area (Å²) in [5.74, 6) is 0.951. The number of carbonyl (C=O) groups excluding carboxylic acids is 1. The highest BCUT2D eigenvalue weighted by atomic mass is 35.5. The van der Waals surface area contributed by atoms with Gasteiger partial charge in [0.05, 0.1) is 17.7 Å². The minimum atomic E-state index is -0.507. The number of anilines is 1. The van der Waals surface area contributed by atoms with Gasteiger partial charge < -0.3 is 24.8 Å². The lowest BCUT2D eigenvalue weighted by Crippen LogP contribution is -2.28. The van der Waals surface area contributed by atoms with Crippen LogP contribution in [0.5, 0.6) is 11.5 Å². The van der Waals surface area contributed by atoms with Crippen LogP contribution in [0.4, 0.5) is 5.69 Å². The largest absolute Gasteiger partial charge is 0.465 e. The number of thiocarbonyl (C=S) groups is 1. The molecular formula is C17H15ClN2O4S. The molecule has 1 aliphatic heterocycles. The van der Waals surface area contributed by atoms with Gasteiger partial charge in [-0.05, 0) is 48.1 Å². The lowest BCUT2D eigenvalue weighted by atomic mass is 10.2. The molecule has 6 nitrogen and oxygen atoms in total. The number of benzene rings is 2. The molecule has 0 radical (unpaired) electrons. The monoisotopic (exact) mass is 378 g/mol. The Kier molecular flexibility index (Phi) is 5.25. The van der Waals surface area contributed by atoms with E-state index >= 15 is 0 Å². The molecule has 0 amide bonds. The summed E-state index contributed by atoms with van der Waals surface area (Å²) in [4.78, 5) is 11.7. The second kappa shape index (κ2) is 7.58. The van der Waals surface area contributed by atoms with E-state index in [1.165, 1.54) is 7.11 Å². The van der Waals surface area contributed by atoms with Crippen LogP contribution in [0.2, 0.25) is 5.02 Å². The van der Waals surface area contributed by atoms with Gasteiger partial charge in [-0.1, -0.05) is 17.7 Å². The molecule has 0 spiro atoms. The predicted molar refractivity (Wildman–Crippen MR) is 98.4 cm³/mol. The maximum absolute atomic E-state index is 11.7. The molecule has 0 saturated carbocycles. The van der Waals surface area contributed by atoms with Crippen molar-refractivity contribution in [3.05, 3.63) is 52.5 Å². The van der Waals surface area contributed by atoms with Crippen LogP contribution in [0.1, 0.15) is 15.9 Å². The molecule has 0 aromatic heterocycles. The van der Waals surface area contributed by atoms with E-state index in [2.05, 4.69) is 10.6 Å². The summed E-state index contributed by atoms with van der Waals surface area (Å²) in [6, 6.07) is 10.6. The summed E-state index contributed by atoms with van der Waals surface area (Å²) in [7, 11) is 1.30. The van der Waals surface area contributed by atoms with E-state index in [0.717, 1.165) is 17.1 Å². The van der Waals surface area contributed by atoms with Crippen LogP contribution >= 0.6 is 23.8 Å².